The molecule has 1 unspecified atom stereocenters. The van der Waals surface area contributed by atoms with Crippen LogP contribution in [0.3, 0.4) is 0 Å². The van der Waals surface area contributed by atoms with Crippen molar-refractivity contribution in [3.05, 3.63) is 33.3 Å². The fourth-order valence-corrected chi connectivity index (χ4v) is 2.28. The molecule has 0 aliphatic carbocycles. The summed E-state index contributed by atoms with van der Waals surface area (Å²) >= 11 is 9.35. The van der Waals surface area contributed by atoms with Crippen LogP contribution in [0.15, 0.2) is 22.7 Å². The molecule has 1 rings (SSSR count). The minimum atomic E-state index is -0.798. The highest BCUT2D eigenvalue weighted by Gasteiger charge is 2.20. The minimum Gasteiger partial charge on any atom is -0.480 e. The zero-order valence-electron chi connectivity index (χ0n) is 9.78. The molecule has 0 aliphatic heterocycles. The second kappa shape index (κ2) is 6.38. The standard InChI is InChI=1S/C12H15BrClNO2/c1-3-11(12(16)17)15(2)7-8-6-9(14)4-5-10(8)13/h4-6,11H,3,7H2,1-2H3,(H,16,17). The van der Waals surface area contributed by atoms with Gasteiger partial charge >= 0.3 is 5.97 Å². The number of benzene rings is 1. The number of likely N-dealkylation sites (N-methyl/N-ethyl adjacent to an activating group) is 1. The van der Waals surface area contributed by atoms with Crippen molar-refractivity contribution < 1.29 is 9.90 Å². The van der Waals surface area contributed by atoms with E-state index >= 15 is 0 Å². The Morgan fingerprint density at radius 3 is 2.76 bits per heavy atom. The number of halogens is 2. The zero-order chi connectivity index (χ0) is 13.0. The first-order valence-corrected chi connectivity index (χ1v) is 6.49. The molecule has 94 valence electrons. The highest BCUT2D eigenvalue weighted by atomic mass is 79.9. The Bertz CT molecular complexity index is 411. The second-order valence-electron chi connectivity index (χ2n) is 3.91. The summed E-state index contributed by atoms with van der Waals surface area (Å²) in [6, 6.07) is 5.04. The molecule has 0 aliphatic rings. The maximum atomic E-state index is 11.0. The van der Waals surface area contributed by atoms with Crippen LogP contribution >= 0.6 is 27.5 Å². The first-order chi connectivity index (χ1) is 7.95. The summed E-state index contributed by atoms with van der Waals surface area (Å²) in [6.45, 7) is 2.41. The average molecular weight is 321 g/mol. The molecule has 17 heavy (non-hydrogen) atoms. The van der Waals surface area contributed by atoms with Crippen LogP contribution in [0.4, 0.5) is 0 Å². The number of hydrogen-bond donors (Lipinski definition) is 1. The Hall–Kier alpha value is -0.580. The summed E-state index contributed by atoms with van der Waals surface area (Å²) in [6.07, 6.45) is 0.573. The van der Waals surface area contributed by atoms with Crippen LogP contribution < -0.4 is 0 Å². The summed E-state index contributed by atoms with van der Waals surface area (Å²) in [5.74, 6) is -0.798. The quantitative estimate of drug-likeness (QED) is 0.904. The van der Waals surface area contributed by atoms with Gasteiger partial charge in [-0.2, -0.15) is 0 Å². The van der Waals surface area contributed by atoms with Crippen molar-refractivity contribution in [2.45, 2.75) is 25.9 Å². The average Bonchev–Trinajstić information content (AvgIpc) is 2.24. The van der Waals surface area contributed by atoms with E-state index in [9.17, 15) is 4.79 Å². The molecule has 0 saturated carbocycles. The van der Waals surface area contributed by atoms with Gasteiger partial charge in [-0.05, 0) is 37.2 Å². The molecule has 1 aromatic rings. The largest absolute Gasteiger partial charge is 0.480 e. The van der Waals surface area contributed by atoms with E-state index < -0.39 is 12.0 Å². The van der Waals surface area contributed by atoms with E-state index in [4.69, 9.17) is 16.7 Å². The van der Waals surface area contributed by atoms with Gasteiger partial charge in [0.25, 0.3) is 0 Å². The summed E-state index contributed by atoms with van der Waals surface area (Å²) in [5.41, 5.74) is 0.986. The lowest BCUT2D eigenvalue weighted by Crippen LogP contribution is -2.37. The van der Waals surface area contributed by atoms with Crippen LogP contribution in [0.1, 0.15) is 18.9 Å². The molecular formula is C12H15BrClNO2. The molecule has 1 atom stereocenters. The van der Waals surface area contributed by atoms with Crippen LogP contribution in [-0.2, 0) is 11.3 Å². The summed E-state index contributed by atoms with van der Waals surface area (Å²) in [7, 11) is 1.80. The fourth-order valence-electron chi connectivity index (χ4n) is 1.72. The maximum Gasteiger partial charge on any atom is 0.320 e. The van der Waals surface area contributed by atoms with Crippen molar-refractivity contribution in [1.29, 1.82) is 0 Å². The molecule has 0 heterocycles. The summed E-state index contributed by atoms with van der Waals surface area (Å²) < 4.78 is 0.939. The van der Waals surface area contributed by atoms with Gasteiger partial charge in [-0.25, -0.2) is 0 Å². The first kappa shape index (κ1) is 14.5. The second-order valence-corrected chi connectivity index (χ2v) is 5.20. The Kier molecular flexibility index (Phi) is 5.43. The molecule has 0 bridgehead atoms. The Labute approximate surface area is 115 Å². The number of carboxylic acid groups (broad SMARTS) is 1. The summed E-state index contributed by atoms with van der Waals surface area (Å²) in [5, 5.41) is 9.72. The van der Waals surface area contributed by atoms with Gasteiger partial charge in [0.15, 0.2) is 0 Å². The highest BCUT2D eigenvalue weighted by molar-refractivity contribution is 9.10. The van der Waals surface area contributed by atoms with Gasteiger partial charge in [-0.1, -0.05) is 34.5 Å². The minimum absolute atomic E-state index is 0.471. The highest BCUT2D eigenvalue weighted by Crippen LogP contribution is 2.23. The molecule has 1 N–H and O–H groups in total. The predicted octanol–water partition coefficient (Wildman–Crippen LogP) is 3.40. The van der Waals surface area contributed by atoms with E-state index in [2.05, 4.69) is 15.9 Å². The molecule has 0 saturated heterocycles. The van der Waals surface area contributed by atoms with Gasteiger partial charge < -0.3 is 5.11 Å². The van der Waals surface area contributed by atoms with Crippen LogP contribution in [0, 0.1) is 0 Å². The van der Waals surface area contributed by atoms with Gasteiger partial charge in [0.05, 0.1) is 0 Å². The third kappa shape index (κ3) is 3.98. The molecule has 0 radical (unpaired) electrons. The number of carboxylic acids is 1. The number of rotatable bonds is 5. The normalized spacial score (nSPS) is 12.8. The van der Waals surface area contributed by atoms with E-state index in [1.54, 1.807) is 18.0 Å². The van der Waals surface area contributed by atoms with Crippen molar-refractivity contribution in [3.63, 3.8) is 0 Å². The van der Waals surface area contributed by atoms with Crippen molar-refractivity contribution in [2.75, 3.05) is 7.05 Å². The van der Waals surface area contributed by atoms with Gasteiger partial charge in [0.1, 0.15) is 6.04 Å². The van der Waals surface area contributed by atoms with Crippen LogP contribution in [0.2, 0.25) is 5.02 Å². The lowest BCUT2D eigenvalue weighted by Gasteiger charge is -2.24. The zero-order valence-corrected chi connectivity index (χ0v) is 12.1. The third-order valence-electron chi connectivity index (χ3n) is 2.63. The molecule has 3 nitrogen and oxygen atoms in total. The topological polar surface area (TPSA) is 40.5 Å². The molecule has 5 heteroatoms. The number of carbonyl (C=O) groups is 1. The van der Waals surface area contributed by atoms with E-state index in [-0.39, 0.29) is 0 Å². The molecular weight excluding hydrogens is 305 g/mol. The van der Waals surface area contributed by atoms with Gasteiger partial charge in [0.2, 0.25) is 0 Å². The lowest BCUT2D eigenvalue weighted by molar-refractivity contribution is -0.143. The lowest BCUT2D eigenvalue weighted by atomic mass is 10.1. The van der Waals surface area contributed by atoms with Crippen molar-refractivity contribution in [1.82, 2.24) is 4.90 Å². The molecule has 1 aromatic carbocycles. The predicted molar refractivity (Wildman–Crippen MR) is 72.3 cm³/mol. The monoisotopic (exact) mass is 319 g/mol. The van der Waals surface area contributed by atoms with Crippen molar-refractivity contribution in [2.24, 2.45) is 0 Å². The number of hydrogen-bond acceptors (Lipinski definition) is 2. The maximum absolute atomic E-state index is 11.0. The third-order valence-corrected chi connectivity index (χ3v) is 3.64. The molecule has 0 fully saturated rings. The van der Waals surface area contributed by atoms with Gasteiger partial charge in [0, 0.05) is 16.0 Å². The van der Waals surface area contributed by atoms with E-state index in [0.717, 1.165) is 10.0 Å². The molecule has 0 spiro atoms. The Morgan fingerprint density at radius 1 is 1.59 bits per heavy atom. The Morgan fingerprint density at radius 2 is 2.24 bits per heavy atom. The van der Waals surface area contributed by atoms with E-state index in [1.807, 2.05) is 19.1 Å². The van der Waals surface area contributed by atoms with Gasteiger partial charge in [-0.15, -0.1) is 0 Å². The van der Waals surface area contributed by atoms with Crippen molar-refractivity contribution in [3.8, 4) is 0 Å². The SMILES string of the molecule is CCC(C(=O)O)N(C)Cc1cc(Cl)ccc1Br. The van der Waals surface area contributed by atoms with Gasteiger partial charge in [-0.3, -0.25) is 9.69 Å². The Balaban J connectivity index is 2.83. The molecule has 0 amide bonds. The number of nitrogens with zero attached hydrogens (tertiary/aromatic N) is 1. The van der Waals surface area contributed by atoms with Crippen LogP contribution in [0.5, 0.6) is 0 Å². The summed E-state index contributed by atoms with van der Waals surface area (Å²) in [4.78, 5) is 12.8. The van der Waals surface area contributed by atoms with E-state index in [0.29, 0.717) is 18.0 Å². The first-order valence-electron chi connectivity index (χ1n) is 5.32. The van der Waals surface area contributed by atoms with Crippen molar-refractivity contribution >= 4 is 33.5 Å². The van der Waals surface area contributed by atoms with Crippen LogP contribution in [-0.4, -0.2) is 29.1 Å². The van der Waals surface area contributed by atoms with E-state index in [1.165, 1.54) is 0 Å². The molecule has 0 aromatic heterocycles. The fraction of sp³-hybridized carbons (Fsp3) is 0.417. The smallest absolute Gasteiger partial charge is 0.320 e. The number of aliphatic carboxylic acids is 1. The van der Waals surface area contributed by atoms with Crippen LogP contribution in [0.25, 0.3) is 0 Å².